The number of fused-ring (bicyclic) bond motifs is 1. The molecule has 1 aliphatic heterocycles. The number of esters is 1. The molecule has 1 N–H and O–H groups in total. The van der Waals surface area contributed by atoms with Crippen molar-refractivity contribution in [3.05, 3.63) is 82.7 Å². The Morgan fingerprint density at radius 2 is 1.79 bits per heavy atom. The number of benzene rings is 2. The molecule has 0 spiro atoms. The molecule has 4 rings (SSSR count). The summed E-state index contributed by atoms with van der Waals surface area (Å²) >= 11 is 0. The molecule has 34 heavy (non-hydrogen) atoms. The van der Waals surface area contributed by atoms with Crippen LogP contribution in [0, 0.1) is 11.3 Å². The number of rotatable bonds is 6. The molecular weight excluding hydrogens is 430 g/mol. The Balaban J connectivity index is 1.81. The summed E-state index contributed by atoms with van der Waals surface area (Å²) in [5, 5.41) is 3.35. The van der Waals surface area contributed by atoms with Crippen LogP contribution in [0.2, 0.25) is 0 Å². The highest BCUT2D eigenvalue weighted by atomic mass is 16.5. The fraction of sp³-hybridized carbons (Fsp3) is 0.357. The van der Waals surface area contributed by atoms with Gasteiger partial charge in [-0.05, 0) is 24.0 Å². The van der Waals surface area contributed by atoms with Crippen molar-refractivity contribution >= 4 is 11.8 Å². The number of ketones is 1. The van der Waals surface area contributed by atoms with E-state index in [0.717, 1.165) is 16.8 Å². The number of carbonyl (C=O) groups excluding carboxylic acids is 2. The van der Waals surface area contributed by atoms with E-state index in [1.54, 1.807) is 20.3 Å². The molecule has 1 heterocycles. The van der Waals surface area contributed by atoms with Crippen LogP contribution < -0.4 is 14.8 Å². The lowest BCUT2D eigenvalue weighted by Gasteiger charge is -2.41. The van der Waals surface area contributed by atoms with E-state index in [4.69, 9.17) is 14.2 Å². The normalized spacial score (nSPS) is 21.2. The average molecular weight is 462 g/mol. The summed E-state index contributed by atoms with van der Waals surface area (Å²) in [7, 11) is 3.16. The minimum absolute atomic E-state index is 0.0822. The van der Waals surface area contributed by atoms with E-state index in [2.05, 4.69) is 11.4 Å². The number of allylic oxidation sites excluding steroid dienone is 3. The van der Waals surface area contributed by atoms with Gasteiger partial charge in [0.05, 0.1) is 25.7 Å². The van der Waals surface area contributed by atoms with Crippen LogP contribution in [0.15, 0.2) is 71.6 Å². The highest BCUT2D eigenvalue weighted by Gasteiger charge is 2.47. The van der Waals surface area contributed by atoms with Crippen molar-refractivity contribution in [2.24, 2.45) is 11.3 Å². The minimum atomic E-state index is -0.541. The zero-order valence-electron chi connectivity index (χ0n) is 20.3. The summed E-state index contributed by atoms with van der Waals surface area (Å²) in [5.74, 6) is -0.245. The molecule has 0 bridgehead atoms. The second kappa shape index (κ2) is 9.37. The van der Waals surface area contributed by atoms with Crippen LogP contribution >= 0.6 is 0 Å². The van der Waals surface area contributed by atoms with Gasteiger partial charge in [0, 0.05) is 35.4 Å². The summed E-state index contributed by atoms with van der Waals surface area (Å²) < 4.78 is 16.8. The van der Waals surface area contributed by atoms with Crippen molar-refractivity contribution in [3.63, 3.8) is 0 Å². The highest BCUT2D eigenvalue weighted by molar-refractivity contribution is 5.96. The maximum Gasteiger partial charge on any atom is 0.336 e. The smallest absolute Gasteiger partial charge is 0.336 e. The number of hydrogen-bond donors (Lipinski definition) is 1. The van der Waals surface area contributed by atoms with Crippen LogP contribution in [0.4, 0.5) is 0 Å². The molecule has 1 aliphatic carbocycles. The monoisotopic (exact) mass is 461 g/mol. The number of nitrogens with one attached hydrogen (secondary N) is 1. The summed E-state index contributed by atoms with van der Waals surface area (Å²) in [5.41, 5.74) is 3.31. The number of methoxy groups -OCH3 is 2. The zero-order chi connectivity index (χ0) is 24.5. The minimum Gasteiger partial charge on any atom is -0.497 e. The van der Waals surface area contributed by atoms with Crippen LogP contribution in [0.25, 0.3) is 0 Å². The third-order valence-electron chi connectivity index (χ3n) is 6.45. The molecule has 2 aromatic rings. The average Bonchev–Trinajstić information content (AvgIpc) is 2.81. The first-order valence-electron chi connectivity index (χ1n) is 11.4. The molecule has 2 aliphatic rings. The molecule has 0 saturated carbocycles. The van der Waals surface area contributed by atoms with Gasteiger partial charge in [-0.15, -0.1) is 0 Å². The molecule has 0 aromatic heterocycles. The van der Waals surface area contributed by atoms with Gasteiger partial charge in [-0.1, -0.05) is 56.3 Å². The maximum atomic E-state index is 13.5. The van der Waals surface area contributed by atoms with Crippen molar-refractivity contribution in [3.8, 4) is 11.5 Å². The Morgan fingerprint density at radius 1 is 1.06 bits per heavy atom. The lowest BCUT2D eigenvalue weighted by molar-refractivity contribution is -0.141. The summed E-state index contributed by atoms with van der Waals surface area (Å²) in [6.07, 6.45) is 2.50. The molecule has 0 radical (unpaired) electrons. The highest BCUT2D eigenvalue weighted by Crippen LogP contribution is 2.49. The Bertz CT molecular complexity index is 1160. The standard InChI is InChI=1S/C28H31NO5/c1-17-24(27(31)34-16-18-9-7-6-8-10-18)25(20-12-11-19(32-4)13-23(20)33-5)26-21(29-17)14-28(2,3)15-22(26)30/h6-14,25-26,29H,15-16H2,1-5H3. The third kappa shape index (κ3) is 4.58. The van der Waals surface area contributed by atoms with Crippen molar-refractivity contribution < 1.29 is 23.8 Å². The molecule has 2 aromatic carbocycles. The van der Waals surface area contributed by atoms with E-state index >= 15 is 0 Å². The van der Waals surface area contributed by atoms with Crippen LogP contribution in [0.3, 0.4) is 0 Å². The molecule has 0 saturated heterocycles. The van der Waals surface area contributed by atoms with Gasteiger partial charge in [-0.25, -0.2) is 4.79 Å². The first kappa shape index (κ1) is 23.6. The van der Waals surface area contributed by atoms with Gasteiger partial charge < -0.3 is 19.5 Å². The summed E-state index contributed by atoms with van der Waals surface area (Å²) in [4.78, 5) is 27.0. The first-order valence-corrected chi connectivity index (χ1v) is 11.4. The Hall–Kier alpha value is -3.54. The van der Waals surface area contributed by atoms with Crippen LogP contribution in [0.5, 0.6) is 11.5 Å². The summed E-state index contributed by atoms with van der Waals surface area (Å²) in [6.45, 7) is 6.09. The lowest BCUT2D eigenvalue weighted by Crippen LogP contribution is -2.43. The third-order valence-corrected chi connectivity index (χ3v) is 6.45. The van der Waals surface area contributed by atoms with E-state index < -0.39 is 17.8 Å². The summed E-state index contributed by atoms with van der Waals surface area (Å²) in [6, 6.07) is 15.0. The Morgan fingerprint density at radius 3 is 2.47 bits per heavy atom. The molecule has 6 heteroatoms. The van der Waals surface area contributed by atoms with Gasteiger partial charge in [0.1, 0.15) is 23.9 Å². The maximum absolute atomic E-state index is 13.5. The first-order chi connectivity index (χ1) is 16.2. The fourth-order valence-corrected chi connectivity index (χ4v) is 4.95. The molecular formula is C28H31NO5. The molecule has 2 atom stereocenters. The van der Waals surface area contributed by atoms with Crippen LogP contribution in [0.1, 0.15) is 44.2 Å². The lowest BCUT2D eigenvalue weighted by atomic mass is 9.66. The SMILES string of the molecule is COc1ccc(C2C(C(=O)OCc3ccccc3)=C(C)NC3=CC(C)(C)CC(=O)C32)c(OC)c1. The van der Waals surface area contributed by atoms with Gasteiger partial charge in [0.25, 0.3) is 0 Å². The molecule has 178 valence electrons. The fourth-order valence-electron chi connectivity index (χ4n) is 4.95. The number of hydrogen-bond acceptors (Lipinski definition) is 6. The molecule has 2 unspecified atom stereocenters. The predicted octanol–water partition coefficient (Wildman–Crippen LogP) is 4.91. The Labute approximate surface area is 200 Å². The largest absolute Gasteiger partial charge is 0.497 e. The predicted molar refractivity (Wildman–Crippen MR) is 129 cm³/mol. The van der Waals surface area contributed by atoms with Gasteiger partial charge in [0.2, 0.25) is 0 Å². The van der Waals surface area contributed by atoms with E-state index in [-0.39, 0.29) is 17.8 Å². The van der Waals surface area contributed by atoms with Crippen molar-refractivity contribution in [1.29, 1.82) is 0 Å². The Kier molecular flexibility index (Phi) is 6.51. The van der Waals surface area contributed by atoms with Gasteiger partial charge in [0.15, 0.2) is 0 Å². The van der Waals surface area contributed by atoms with Crippen molar-refractivity contribution in [1.82, 2.24) is 5.32 Å². The van der Waals surface area contributed by atoms with Gasteiger partial charge in [-0.3, -0.25) is 4.79 Å². The van der Waals surface area contributed by atoms with Crippen molar-refractivity contribution in [2.75, 3.05) is 14.2 Å². The number of Topliss-reactive ketones (excluding diaryl/α,β-unsaturated/α-hetero) is 1. The van der Waals surface area contributed by atoms with Crippen LogP contribution in [-0.4, -0.2) is 26.0 Å². The van der Waals surface area contributed by atoms with Gasteiger partial charge >= 0.3 is 5.97 Å². The second-order valence-electron chi connectivity index (χ2n) is 9.52. The molecule has 0 amide bonds. The van der Waals surface area contributed by atoms with E-state index in [1.807, 2.05) is 63.2 Å². The quantitative estimate of drug-likeness (QED) is 0.617. The molecule has 0 fully saturated rings. The zero-order valence-corrected chi connectivity index (χ0v) is 20.3. The van der Waals surface area contributed by atoms with Crippen LogP contribution in [-0.2, 0) is 20.9 Å². The number of ether oxygens (including phenoxy) is 3. The van der Waals surface area contributed by atoms with E-state index in [9.17, 15) is 9.59 Å². The number of carbonyl (C=O) groups is 2. The second-order valence-corrected chi connectivity index (χ2v) is 9.52. The van der Waals surface area contributed by atoms with Gasteiger partial charge in [-0.2, -0.15) is 0 Å². The van der Waals surface area contributed by atoms with Crippen molar-refractivity contribution in [2.45, 2.75) is 39.7 Å². The molecule has 6 nitrogen and oxygen atoms in total. The van der Waals surface area contributed by atoms with E-state index in [1.165, 1.54) is 0 Å². The topological polar surface area (TPSA) is 73.9 Å². The van der Waals surface area contributed by atoms with E-state index in [0.29, 0.717) is 29.2 Å².